The highest BCUT2D eigenvalue weighted by Gasteiger charge is 2.10. The van der Waals surface area contributed by atoms with Crippen LogP contribution in [0.25, 0.3) is 0 Å². The van der Waals surface area contributed by atoms with Gasteiger partial charge < -0.3 is 5.11 Å². The Kier molecular flexibility index (Phi) is 6.52. The van der Waals surface area contributed by atoms with E-state index in [1.165, 1.54) is 6.07 Å². The smallest absolute Gasteiger partial charge is 0.127 e. The predicted octanol–water partition coefficient (Wildman–Crippen LogP) is 3.88. The topological polar surface area (TPSA) is 20.2 Å². The highest BCUT2D eigenvalue weighted by molar-refractivity contribution is 9.10. The Morgan fingerprint density at radius 1 is 1.35 bits per heavy atom. The zero-order valence-corrected chi connectivity index (χ0v) is 12.5. The molecule has 0 bridgehead atoms. The third-order valence-corrected chi connectivity index (χ3v) is 4.25. The zero-order chi connectivity index (χ0) is 12.8. The lowest BCUT2D eigenvalue weighted by Crippen LogP contribution is -2.15. The van der Waals surface area contributed by atoms with Crippen LogP contribution in [0.15, 0.2) is 22.7 Å². The van der Waals surface area contributed by atoms with E-state index in [1.54, 1.807) is 23.9 Å². The summed E-state index contributed by atoms with van der Waals surface area (Å²) >= 11 is 4.93. The van der Waals surface area contributed by atoms with Crippen LogP contribution in [0.2, 0.25) is 0 Å². The van der Waals surface area contributed by atoms with Gasteiger partial charge in [-0.2, -0.15) is 11.8 Å². The molecule has 0 aliphatic heterocycles. The Morgan fingerprint density at radius 3 is 2.65 bits per heavy atom. The Labute approximate surface area is 115 Å². The van der Waals surface area contributed by atoms with E-state index in [1.807, 2.05) is 0 Å². The minimum absolute atomic E-state index is 0.257. The van der Waals surface area contributed by atoms with Gasteiger partial charge in [0.15, 0.2) is 0 Å². The largest absolute Gasteiger partial charge is 0.392 e. The maximum Gasteiger partial charge on any atom is 0.127 e. The number of aliphatic hydroxyl groups is 1. The van der Waals surface area contributed by atoms with E-state index in [0.717, 1.165) is 10.2 Å². The second-order valence-corrected chi connectivity index (χ2v) is 6.52. The van der Waals surface area contributed by atoms with E-state index in [4.69, 9.17) is 0 Å². The lowest BCUT2D eigenvalue weighted by atomic mass is 10.1. The van der Waals surface area contributed by atoms with Crippen molar-refractivity contribution in [2.45, 2.75) is 26.4 Å². The van der Waals surface area contributed by atoms with Crippen LogP contribution < -0.4 is 0 Å². The number of halogens is 2. The first-order valence-electron chi connectivity index (χ1n) is 5.68. The highest BCUT2D eigenvalue weighted by atomic mass is 79.9. The van der Waals surface area contributed by atoms with Crippen LogP contribution >= 0.6 is 27.7 Å². The molecule has 0 saturated carbocycles. The zero-order valence-electron chi connectivity index (χ0n) is 10.1. The fourth-order valence-corrected chi connectivity index (χ4v) is 2.77. The van der Waals surface area contributed by atoms with E-state index in [0.29, 0.717) is 23.7 Å². The number of aliphatic hydroxyl groups excluding tert-OH is 1. The molecule has 0 fully saturated rings. The molecule has 0 amide bonds. The van der Waals surface area contributed by atoms with E-state index < -0.39 is 6.10 Å². The first-order valence-corrected chi connectivity index (χ1v) is 7.63. The first kappa shape index (κ1) is 15.0. The summed E-state index contributed by atoms with van der Waals surface area (Å²) in [5.74, 6) is 2.05. The van der Waals surface area contributed by atoms with Gasteiger partial charge in [-0.25, -0.2) is 4.39 Å². The van der Waals surface area contributed by atoms with Crippen molar-refractivity contribution in [2.24, 2.45) is 5.92 Å². The Bertz CT molecular complexity index is 357. The molecule has 0 radical (unpaired) electrons. The number of benzene rings is 1. The average Bonchev–Trinajstić information content (AvgIpc) is 2.21. The molecule has 0 aromatic heterocycles. The Balaban J connectivity index is 2.42. The molecule has 96 valence electrons. The van der Waals surface area contributed by atoms with Gasteiger partial charge in [-0.1, -0.05) is 35.8 Å². The van der Waals surface area contributed by atoms with Crippen molar-refractivity contribution < 1.29 is 9.50 Å². The van der Waals surface area contributed by atoms with Crippen molar-refractivity contribution in [2.75, 3.05) is 11.5 Å². The molecule has 1 aromatic carbocycles. The molecule has 4 heteroatoms. The normalized spacial score (nSPS) is 13.1. The van der Waals surface area contributed by atoms with Crippen LogP contribution in [0, 0.1) is 11.7 Å². The molecule has 1 unspecified atom stereocenters. The van der Waals surface area contributed by atoms with Crippen molar-refractivity contribution in [1.29, 1.82) is 0 Å². The first-order chi connectivity index (χ1) is 7.99. The summed E-state index contributed by atoms with van der Waals surface area (Å²) in [7, 11) is 0. The number of hydrogen-bond acceptors (Lipinski definition) is 2. The van der Waals surface area contributed by atoms with Gasteiger partial charge in [-0.15, -0.1) is 0 Å². The monoisotopic (exact) mass is 320 g/mol. The van der Waals surface area contributed by atoms with Crippen molar-refractivity contribution in [1.82, 2.24) is 0 Å². The molecule has 17 heavy (non-hydrogen) atoms. The third kappa shape index (κ3) is 5.89. The summed E-state index contributed by atoms with van der Waals surface area (Å²) < 4.78 is 14.2. The van der Waals surface area contributed by atoms with Gasteiger partial charge in [-0.3, -0.25) is 0 Å². The molecular formula is C13H18BrFOS. The summed E-state index contributed by atoms with van der Waals surface area (Å²) in [5, 5.41) is 9.81. The van der Waals surface area contributed by atoms with E-state index in [9.17, 15) is 9.50 Å². The molecule has 1 atom stereocenters. The minimum Gasteiger partial charge on any atom is -0.392 e. The number of thioether (sulfide) groups is 1. The van der Waals surface area contributed by atoms with Gasteiger partial charge in [0.05, 0.1) is 6.10 Å². The summed E-state index contributed by atoms with van der Waals surface area (Å²) in [5.41, 5.74) is 0.575. The molecule has 1 aromatic rings. The van der Waals surface area contributed by atoms with Gasteiger partial charge in [0.25, 0.3) is 0 Å². The molecule has 0 saturated heterocycles. The third-order valence-electron chi connectivity index (χ3n) is 2.23. The fraction of sp³-hybridized carbons (Fsp3) is 0.538. The van der Waals surface area contributed by atoms with Crippen molar-refractivity contribution >= 4 is 27.7 Å². The Hall–Kier alpha value is -0.0600. The summed E-state index contributed by atoms with van der Waals surface area (Å²) in [4.78, 5) is 0. The standard InChI is InChI=1S/C13H18BrFOS/c1-9(2)7-17-8-12(16)5-10-3-4-11(14)6-13(10)15/h3-4,6,9,12,16H,5,7-8H2,1-2H3. The molecule has 0 aliphatic carbocycles. The van der Waals surface area contributed by atoms with Gasteiger partial charge in [0, 0.05) is 16.6 Å². The van der Waals surface area contributed by atoms with Crippen LogP contribution in [-0.4, -0.2) is 22.7 Å². The number of hydrogen-bond donors (Lipinski definition) is 1. The van der Waals surface area contributed by atoms with E-state index in [2.05, 4.69) is 29.8 Å². The molecule has 0 heterocycles. The quantitative estimate of drug-likeness (QED) is 0.858. The van der Waals surface area contributed by atoms with Crippen LogP contribution in [-0.2, 0) is 6.42 Å². The van der Waals surface area contributed by atoms with Crippen LogP contribution in [0.1, 0.15) is 19.4 Å². The second-order valence-electron chi connectivity index (χ2n) is 4.52. The van der Waals surface area contributed by atoms with E-state index in [-0.39, 0.29) is 5.82 Å². The predicted molar refractivity (Wildman–Crippen MR) is 76.0 cm³/mol. The molecule has 1 rings (SSSR count). The molecular weight excluding hydrogens is 303 g/mol. The van der Waals surface area contributed by atoms with Crippen molar-refractivity contribution in [3.05, 3.63) is 34.1 Å². The average molecular weight is 321 g/mol. The van der Waals surface area contributed by atoms with Crippen LogP contribution in [0.3, 0.4) is 0 Å². The summed E-state index contributed by atoms with van der Waals surface area (Å²) in [6, 6.07) is 4.95. The Morgan fingerprint density at radius 2 is 2.06 bits per heavy atom. The highest BCUT2D eigenvalue weighted by Crippen LogP contribution is 2.18. The van der Waals surface area contributed by atoms with Crippen LogP contribution in [0.4, 0.5) is 4.39 Å². The maximum atomic E-state index is 13.5. The van der Waals surface area contributed by atoms with Gasteiger partial charge in [0.1, 0.15) is 5.82 Å². The lowest BCUT2D eigenvalue weighted by Gasteiger charge is -2.12. The van der Waals surface area contributed by atoms with Crippen LogP contribution in [0.5, 0.6) is 0 Å². The molecule has 0 spiro atoms. The lowest BCUT2D eigenvalue weighted by molar-refractivity contribution is 0.198. The maximum absolute atomic E-state index is 13.5. The van der Waals surface area contributed by atoms with Gasteiger partial charge >= 0.3 is 0 Å². The number of rotatable bonds is 6. The SMILES string of the molecule is CC(C)CSCC(O)Cc1ccc(Br)cc1F. The molecule has 0 aliphatic rings. The van der Waals surface area contributed by atoms with Crippen molar-refractivity contribution in [3.8, 4) is 0 Å². The summed E-state index contributed by atoms with van der Waals surface area (Å²) in [6.45, 7) is 4.29. The van der Waals surface area contributed by atoms with Gasteiger partial charge in [-0.05, 0) is 29.4 Å². The van der Waals surface area contributed by atoms with E-state index >= 15 is 0 Å². The second kappa shape index (κ2) is 7.39. The van der Waals surface area contributed by atoms with Crippen molar-refractivity contribution in [3.63, 3.8) is 0 Å². The molecule has 1 N–H and O–H groups in total. The van der Waals surface area contributed by atoms with Gasteiger partial charge in [0.2, 0.25) is 0 Å². The molecule has 1 nitrogen and oxygen atoms in total. The summed E-state index contributed by atoms with van der Waals surface area (Å²) in [6.07, 6.45) is -0.0982. The fourth-order valence-electron chi connectivity index (χ4n) is 1.44. The minimum atomic E-state index is -0.477.